The molecule has 3 rings (SSSR count). The molecule has 0 N–H and O–H groups in total. The van der Waals surface area contributed by atoms with Crippen molar-refractivity contribution in [1.29, 1.82) is 0 Å². The van der Waals surface area contributed by atoms with Gasteiger partial charge in [-0.1, -0.05) is 18.2 Å². The van der Waals surface area contributed by atoms with Gasteiger partial charge in [0.1, 0.15) is 0 Å². The van der Waals surface area contributed by atoms with Crippen molar-refractivity contribution in [2.75, 3.05) is 31.1 Å². The maximum atomic E-state index is 12.6. The van der Waals surface area contributed by atoms with E-state index in [4.69, 9.17) is 4.74 Å². The number of benzene rings is 1. The van der Waals surface area contributed by atoms with Crippen molar-refractivity contribution in [3.63, 3.8) is 0 Å². The molecule has 1 aliphatic heterocycles. The zero-order chi connectivity index (χ0) is 18.5. The standard InChI is InChI=1S/C20H23N3O3/c1-15-8-9-17(14-21-15)20(25)26-16(2)19(24)23-12-10-22(11-13-23)18-6-4-3-5-7-18/h3-9,14,16H,10-13H2,1-2H3. The first-order valence-corrected chi connectivity index (χ1v) is 8.77. The van der Waals surface area contributed by atoms with E-state index in [0.717, 1.165) is 24.5 Å². The predicted octanol–water partition coefficient (Wildman–Crippen LogP) is 2.28. The third-order valence-electron chi connectivity index (χ3n) is 4.49. The fourth-order valence-electron chi connectivity index (χ4n) is 2.95. The molecule has 6 heteroatoms. The minimum atomic E-state index is -0.813. The number of hydrogen-bond acceptors (Lipinski definition) is 5. The molecule has 0 aliphatic carbocycles. The molecule has 6 nitrogen and oxygen atoms in total. The van der Waals surface area contributed by atoms with Crippen LogP contribution in [0.15, 0.2) is 48.7 Å². The number of piperazine rings is 1. The molecule has 2 aromatic rings. The lowest BCUT2D eigenvalue weighted by Gasteiger charge is -2.37. The fourth-order valence-corrected chi connectivity index (χ4v) is 2.95. The maximum absolute atomic E-state index is 12.6. The van der Waals surface area contributed by atoms with Crippen molar-refractivity contribution in [3.05, 3.63) is 59.9 Å². The van der Waals surface area contributed by atoms with Gasteiger partial charge in [-0.25, -0.2) is 4.79 Å². The summed E-state index contributed by atoms with van der Waals surface area (Å²) in [6.07, 6.45) is 0.653. The summed E-state index contributed by atoms with van der Waals surface area (Å²) in [5.41, 5.74) is 2.33. The molecule has 1 amide bonds. The van der Waals surface area contributed by atoms with Crippen molar-refractivity contribution >= 4 is 17.6 Å². The number of anilines is 1. The van der Waals surface area contributed by atoms with Crippen LogP contribution in [0.5, 0.6) is 0 Å². The molecule has 1 aliphatic rings. The Morgan fingerprint density at radius 1 is 1.04 bits per heavy atom. The van der Waals surface area contributed by atoms with Gasteiger partial charge in [-0.2, -0.15) is 0 Å². The number of rotatable bonds is 4. The highest BCUT2D eigenvalue weighted by molar-refractivity contribution is 5.92. The van der Waals surface area contributed by atoms with Gasteiger partial charge in [0.2, 0.25) is 0 Å². The average molecular weight is 353 g/mol. The summed E-state index contributed by atoms with van der Waals surface area (Å²) in [6.45, 7) is 6.21. The Morgan fingerprint density at radius 3 is 2.35 bits per heavy atom. The van der Waals surface area contributed by atoms with Crippen LogP contribution >= 0.6 is 0 Å². The summed E-state index contributed by atoms with van der Waals surface area (Å²) < 4.78 is 5.32. The number of carbonyl (C=O) groups is 2. The molecule has 26 heavy (non-hydrogen) atoms. The quantitative estimate of drug-likeness (QED) is 0.789. The maximum Gasteiger partial charge on any atom is 0.340 e. The minimum absolute atomic E-state index is 0.161. The molecular formula is C20H23N3O3. The van der Waals surface area contributed by atoms with E-state index in [0.29, 0.717) is 18.7 Å². The Kier molecular flexibility index (Phi) is 5.51. The topological polar surface area (TPSA) is 62.7 Å². The van der Waals surface area contributed by atoms with E-state index in [-0.39, 0.29) is 5.91 Å². The minimum Gasteiger partial charge on any atom is -0.449 e. The van der Waals surface area contributed by atoms with Gasteiger partial charge < -0.3 is 14.5 Å². The van der Waals surface area contributed by atoms with E-state index in [1.54, 1.807) is 24.0 Å². The second-order valence-corrected chi connectivity index (χ2v) is 6.38. The van der Waals surface area contributed by atoms with Gasteiger partial charge in [0.05, 0.1) is 5.56 Å². The van der Waals surface area contributed by atoms with Crippen molar-refractivity contribution in [1.82, 2.24) is 9.88 Å². The van der Waals surface area contributed by atoms with Crippen molar-refractivity contribution in [2.24, 2.45) is 0 Å². The number of ether oxygens (including phenoxy) is 1. The SMILES string of the molecule is Cc1ccc(C(=O)OC(C)C(=O)N2CCN(c3ccccc3)CC2)cn1. The second kappa shape index (κ2) is 7.99. The van der Waals surface area contributed by atoms with E-state index in [9.17, 15) is 9.59 Å². The number of pyridine rings is 1. The molecule has 1 saturated heterocycles. The van der Waals surface area contributed by atoms with Gasteiger partial charge in [0.25, 0.3) is 5.91 Å². The van der Waals surface area contributed by atoms with Crippen molar-refractivity contribution in [3.8, 4) is 0 Å². The molecule has 2 heterocycles. The number of nitrogens with zero attached hydrogens (tertiary/aromatic N) is 3. The summed E-state index contributed by atoms with van der Waals surface area (Å²) in [6, 6.07) is 13.5. The Hall–Kier alpha value is -2.89. The highest BCUT2D eigenvalue weighted by Crippen LogP contribution is 2.16. The number of para-hydroxylation sites is 1. The second-order valence-electron chi connectivity index (χ2n) is 6.38. The van der Waals surface area contributed by atoms with Crippen LogP contribution in [0, 0.1) is 6.92 Å². The highest BCUT2D eigenvalue weighted by atomic mass is 16.5. The monoisotopic (exact) mass is 353 g/mol. The van der Waals surface area contributed by atoms with Crippen LogP contribution < -0.4 is 4.90 Å². The third-order valence-corrected chi connectivity index (χ3v) is 4.49. The largest absolute Gasteiger partial charge is 0.449 e. The lowest BCUT2D eigenvalue weighted by Crippen LogP contribution is -2.51. The van der Waals surface area contributed by atoms with Crippen LogP contribution in [-0.2, 0) is 9.53 Å². The number of hydrogen-bond donors (Lipinski definition) is 0. The molecule has 0 radical (unpaired) electrons. The normalized spacial score (nSPS) is 15.5. The van der Waals surface area contributed by atoms with Gasteiger partial charge in [0, 0.05) is 43.8 Å². The first-order valence-electron chi connectivity index (χ1n) is 8.77. The molecule has 0 saturated carbocycles. The number of aromatic nitrogens is 1. The molecule has 136 valence electrons. The van der Waals surface area contributed by atoms with Crippen LogP contribution in [-0.4, -0.2) is 54.0 Å². The Labute approximate surface area is 153 Å². The fraction of sp³-hybridized carbons (Fsp3) is 0.350. The first kappa shape index (κ1) is 17.9. The molecule has 0 bridgehead atoms. The zero-order valence-electron chi connectivity index (χ0n) is 15.1. The summed E-state index contributed by atoms with van der Waals surface area (Å²) >= 11 is 0. The Bertz CT molecular complexity index is 754. The highest BCUT2D eigenvalue weighted by Gasteiger charge is 2.27. The van der Waals surface area contributed by atoms with Gasteiger partial charge >= 0.3 is 5.97 Å². The van der Waals surface area contributed by atoms with E-state index in [2.05, 4.69) is 22.0 Å². The Morgan fingerprint density at radius 2 is 1.73 bits per heavy atom. The van der Waals surface area contributed by atoms with Gasteiger partial charge in [-0.05, 0) is 38.1 Å². The summed E-state index contributed by atoms with van der Waals surface area (Å²) in [5.74, 6) is -0.688. The number of aryl methyl sites for hydroxylation is 1. The van der Waals surface area contributed by atoms with Gasteiger partial charge in [-0.3, -0.25) is 9.78 Å². The van der Waals surface area contributed by atoms with Gasteiger partial charge in [0.15, 0.2) is 6.10 Å². The van der Waals surface area contributed by atoms with Crippen molar-refractivity contribution in [2.45, 2.75) is 20.0 Å². The molecule has 1 aromatic carbocycles. The molecule has 0 spiro atoms. The first-order chi connectivity index (χ1) is 12.5. The number of carbonyl (C=O) groups excluding carboxylic acids is 2. The van der Waals surface area contributed by atoms with Gasteiger partial charge in [-0.15, -0.1) is 0 Å². The zero-order valence-corrected chi connectivity index (χ0v) is 15.1. The number of amides is 1. The molecular weight excluding hydrogens is 330 g/mol. The van der Waals surface area contributed by atoms with E-state index < -0.39 is 12.1 Å². The van der Waals surface area contributed by atoms with Crippen LogP contribution in [0.2, 0.25) is 0 Å². The summed E-state index contributed by atoms with van der Waals surface area (Å²) in [7, 11) is 0. The van der Waals surface area contributed by atoms with E-state index >= 15 is 0 Å². The van der Waals surface area contributed by atoms with Crippen LogP contribution in [0.1, 0.15) is 23.0 Å². The molecule has 1 aromatic heterocycles. The summed E-state index contributed by atoms with van der Waals surface area (Å²) in [5, 5.41) is 0. The lowest BCUT2D eigenvalue weighted by atomic mass is 10.2. The smallest absolute Gasteiger partial charge is 0.340 e. The van der Waals surface area contributed by atoms with E-state index in [1.807, 2.05) is 25.1 Å². The Balaban J connectivity index is 1.53. The van der Waals surface area contributed by atoms with Crippen molar-refractivity contribution < 1.29 is 14.3 Å². The van der Waals surface area contributed by atoms with E-state index in [1.165, 1.54) is 6.20 Å². The van der Waals surface area contributed by atoms with Crippen LogP contribution in [0.3, 0.4) is 0 Å². The molecule has 1 atom stereocenters. The molecule has 1 unspecified atom stereocenters. The average Bonchev–Trinajstić information content (AvgIpc) is 2.68. The predicted molar refractivity (Wildman–Crippen MR) is 99.1 cm³/mol. The summed E-state index contributed by atoms with van der Waals surface area (Å²) in [4.78, 5) is 32.8. The van der Waals surface area contributed by atoms with Crippen LogP contribution in [0.25, 0.3) is 0 Å². The van der Waals surface area contributed by atoms with Crippen LogP contribution in [0.4, 0.5) is 5.69 Å². The number of esters is 1. The lowest BCUT2D eigenvalue weighted by molar-refractivity contribution is -0.140. The third kappa shape index (κ3) is 4.20. The molecule has 1 fully saturated rings.